The third-order valence-electron chi connectivity index (χ3n) is 7.22. The average Bonchev–Trinajstić information content (AvgIpc) is 3.03. The molecule has 0 aliphatic heterocycles. The molecule has 0 aliphatic carbocycles. The smallest absolute Gasteiger partial charge is 0.253 e. The van der Waals surface area contributed by atoms with Crippen LogP contribution in [0.25, 0.3) is 0 Å². The fourth-order valence-electron chi connectivity index (χ4n) is 4.84. The van der Waals surface area contributed by atoms with E-state index in [0.717, 1.165) is 55.6 Å². The lowest BCUT2D eigenvalue weighted by Gasteiger charge is -2.31. The van der Waals surface area contributed by atoms with Gasteiger partial charge < -0.3 is 25.8 Å². The number of thioether (sulfide) groups is 2. The van der Waals surface area contributed by atoms with Crippen molar-refractivity contribution in [2.45, 2.75) is 88.5 Å². The van der Waals surface area contributed by atoms with Gasteiger partial charge in [-0.2, -0.15) is 11.8 Å². The van der Waals surface area contributed by atoms with Crippen molar-refractivity contribution in [3.05, 3.63) is 65.5 Å². The van der Waals surface area contributed by atoms with Crippen LogP contribution in [0.15, 0.2) is 42.7 Å². The van der Waals surface area contributed by atoms with Crippen LogP contribution >= 0.6 is 23.5 Å². The van der Waals surface area contributed by atoms with Crippen LogP contribution in [0, 0.1) is 17.6 Å². The topological polar surface area (TPSA) is 130 Å². The maximum Gasteiger partial charge on any atom is 0.253 e. The molecule has 0 radical (unpaired) electrons. The lowest BCUT2D eigenvalue weighted by molar-refractivity contribution is -0.126. The number of nitrogens with one attached hydrogen (secondary N) is 3. The molecule has 3 amide bonds. The Labute approximate surface area is 286 Å². The number of amides is 3. The molecule has 0 spiro atoms. The van der Waals surface area contributed by atoms with Crippen molar-refractivity contribution in [2.75, 3.05) is 31.8 Å². The van der Waals surface area contributed by atoms with E-state index in [1.165, 1.54) is 19.5 Å². The summed E-state index contributed by atoms with van der Waals surface area (Å²) in [5.74, 6) is -2.36. The van der Waals surface area contributed by atoms with Gasteiger partial charge in [-0.15, -0.1) is 11.8 Å². The van der Waals surface area contributed by atoms with Crippen LogP contribution in [0.4, 0.5) is 8.78 Å². The van der Waals surface area contributed by atoms with Gasteiger partial charge in [-0.25, -0.2) is 8.78 Å². The molecule has 47 heavy (non-hydrogen) atoms. The summed E-state index contributed by atoms with van der Waals surface area (Å²) in [6, 6.07) is 4.03. The largest absolute Gasteiger partial charge is 0.389 e. The molecule has 1 aromatic carbocycles. The first kappa shape index (κ1) is 40.4. The number of benzene rings is 1. The predicted octanol–water partition coefficient (Wildman–Crippen LogP) is 4.77. The zero-order chi connectivity index (χ0) is 34.8. The molecule has 0 fully saturated rings. The molecule has 1 unspecified atom stereocenters. The Bertz CT molecular complexity index is 1220. The SMILES string of the molecule is CCCC(CCC)SCC(NC(=O)c1cccnc1)C(=O)N[C@@H](Cc1cc(F)cc(F)c1)[C@@H](O)[C@@H](SCCOC)C(=O)NCC(C)C. The van der Waals surface area contributed by atoms with Crippen LogP contribution in [0.5, 0.6) is 0 Å². The molecular weight excluding hydrogens is 647 g/mol. The molecule has 9 nitrogen and oxygen atoms in total. The number of aromatic nitrogens is 1. The third kappa shape index (κ3) is 14.9. The maximum absolute atomic E-state index is 14.2. The van der Waals surface area contributed by atoms with E-state index >= 15 is 0 Å². The van der Waals surface area contributed by atoms with E-state index in [0.29, 0.717) is 18.9 Å². The number of hydrogen-bond donors (Lipinski definition) is 4. The number of methoxy groups -OCH3 is 1. The second-order valence-electron chi connectivity index (χ2n) is 11.8. The first-order chi connectivity index (χ1) is 22.5. The zero-order valence-electron chi connectivity index (χ0n) is 28.0. The van der Waals surface area contributed by atoms with Crippen molar-refractivity contribution in [2.24, 2.45) is 5.92 Å². The first-order valence-electron chi connectivity index (χ1n) is 16.1. The summed E-state index contributed by atoms with van der Waals surface area (Å²) in [6.07, 6.45) is 5.13. The molecule has 2 aromatic rings. The molecule has 1 aromatic heterocycles. The Balaban J connectivity index is 2.45. The summed E-state index contributed by atoms with van der Waals surface area (Å²) in [7, 11) is 1.52. The predicted molar refractivity (Wildman–Crippen MR) is 186 cm³/mol. The van der Waals surface area contributed by atoms with Crippen LogP contribution in [0.3, 0.4) is 0 Å². The first-order valence-corrected chi connectivity index (χ1v) is 18.2. The van der Waals surface area contributed by atoms with Crippen molar-refractivity contribution >= 4 is 41.2 Å². The summed E-state index contributed by atoms with van der Waals surface area (Å²) in [5, 5.41) is 19.5. The van der Waals surface area contributed by atoms with Gasteiger partial charge in [0.15, 0.2) is 0 Å². The Morgan fingerprint density at radius 2 is 1.68 bits per heavy atom. The van der Waals surface area contributed by atoms with Crippen LogP contribution in [-0.2, 0) is 20.7 Å². The normalized spacial score (nSPS) is 14.0. The monoisotopic (exact) mass is 696 g/mol. The van der Waals surface area contributed by atoms with E-state index in [4.69, 9.17) is 4.74 Å². The van der Waals surface area contributed by atoms with Crippen molar-refractivity contribution in [3.8, 4) is 0 Å². The highest BCUT2D eigenvalue weighted by Gasteiger charge is 2.36. The highest BCUT2D eigenvalue weighted by Crippen LogP contribution is 2.24. The van der Waals surface area contributed by atoms with Gasteiger partial charge in [0.25, 0.3) is 5.91 Å². The van der Waals surface area contributed by atoms with Crippen molar-refractivity contribution < 1.29 is 33.0 Å². The summed E-state index contributed by atoms with van der Waals surface area (Å²) < 4.78 is 33.6. The van der Waals surface area contributed by atoms with Gasteiger partial charge in [-0.3, -0.25) is 19.4 Å². The molecule has 262 valence electrons. The average molecular weight is 697 g/mol. The number of halogens is 2. The number of rotatable bonds is 22. The van der Waals surface area contributed by atoms with Gasteiger partial charge in [0, 0.05) is 48.9 Å². The molecule has 0 saturated heterocycles. The van der Waals surface area contributed by atoms with Crippen molar-refractivity contribution in [1.82, 2.24) is 20.9 Å². The molecule has 0 bridgehead atoms. The minimum atomic E-state index is -1.46. The van der Waals surface area contributed by atoms with E-state index < -0.39 is 52.8 Å². The molecule has 4 N–H and O–H groups in total. The number of carbonyl (C=O) groups excluding carboxylic acids is 3. The fourth-order valence-corrected chi connectivity index (χ4v) is 7.48. The minimum absolute atomic E-state index is 0.150. The highest BCUT2D eigenvalue weighted by atomic mass is 32.2. The molecule has 0 aliphatic rings. The van der Waals surface area contributed by atoms with Crippen molar-refractivity contribution in [3.63, 3.8) is 0 Å². The Morgan fingerprint density at radius 3 is 2.26 bits per heavy atom. The number of nitrogens with zero attached hydrogens (tertiary/aromatic N) is 1. The third-order valence-corrected chi connectivity index (χ3v) is 9.94. The highest BCUT2D eigenvalue weighted by molar-refractivity contribution is 8.00. The van der Waals surface area contributed by atoms with Gasteiger partial charge in [0.2, 0.25) is 11.8 Å². The molecule has 4 atom stereocenters. The van der Waals surface area contributed by atoms with Gasteiger partial charge >= 0.3 is 0 Å². The Hall–Kier alpha value is -2.74. The minimum Gasteiger partial charge on any atom is -0.389 e. The molecule has 1 heterocycles. The summed E-state index contributed by atoms with van der Waals surface area (Å²) in [6.45, 7) is 8.75. The maximum atomic E-state index is 14.2. The van der Waals surface area contributed by atoms with E-state index in [-0.39, 0.29) is 34.5 Å². The molecule has 2 rings (SSSR count). The number of aliphatic hydroxyl groups excluding tert-OH is 1. The number of carbonyl (C=O) groups is 3. The van der Waals surface area contributed by atoms with Crippen LogP contribution in [0.1, 0.15) is 69.3 Å². The molecular formula is C34H50F2N4O5S2. The number of hydrogen-bond acceptors (Lipinski definition) is 8. The zero-order valence-corrected chi connectivity index (χ0v) is 29.6. The summed E-state index contributed by atoms with van der Waals surface area (Å²) in [4.78, 5) is 44.5. The lowest BCUT2D eigenvalue weighted by atomic mass is 9.97. The quantitative estimate of drug-likeness (QED) is 0.130. The fraction of sp³-hybridized carbons (Fsp3) is 0.588. The molecule has 13 heteroatoms. The second-order valence-corrected chi connectivity index (χ2v) is 14.4. The van der Waals surface area contributed by atoms with Gasteiger partial charge in [0.1, 0.15) is 22.9 Å². The Kier molecular flexibility index (Phi) is 18.9. The lowest BCUT2D eigenvalue weighted by Crippen LogP contribution is -2.57. The second kappa shape index (κ2) is 22.0. The number of aliphatic hydroxyl groups is 1. The molecule has 0 saturated carbocycles. The number of ether oxygens (including phenoxy) is 1. The van der Waals surface area contributed by atoms with E-state index in [9.17, 15) is 28.3 Å². The number of pyridine rings is 1. The van der Waals surface area contributed by atoms with Crippen LogP contribution in [-0.4, -0.2) is 88.3 Å². The van der Waals surface area contributed by atoms with Crippen LogP contribution in [0.2, 0.25) is 0 Å². The van der Waals surface area contributed by atoms with E-state index in [1.807, 2.05) is 13.8 Å². The Morgan fingerprint density at radius 1 is 1.00 bits per heavy atom. The van der Waals surface area contributed by atoms with E-state index in [2.05, 4.69) is 34.8 Å². The van der Waals surface area contributed by atoms with Gasteiger partial charge in [0.05, 0.1) is 24.3 Å². The summed E-state index contributed by atoms with van der Waals surface area (Å²) in [5.41, 5.74) is 0.462. The van der Waals surface area contributed by atoms with Crippen molar-refractivity contribution in [1.29, 1.82) is 0 Å². The van der Waals surface area contributed by atoms with Crippen LogP contribution < -0.4 is 16.0 Å². The van der Waals surface area contributed by atoms with E-state index in [1.54, 1.807) is 23.9 Å². The standard InChI is InChI=1S/C34H50F2N4O5S2/c1-6-9-27(10-7-2)47-21-29(40-32(42)24-11-8-12-37-20-24)33(43)39-28(17-23-15-25(35)18-26(36)16-23)30(41)31(46-14-13-45-5)34(44)38-19-22(3)4/h8,11-12,15-16,18,20,22,27-31,41H,6-7,9-10,13-14,17,19,21H2,1-5H3,(H,38,44)(H,39,43)(H,40,42)/t28-,29?,30+,31+/m0/s1. The summed E-state index contributed by atoms with van der Waals surface area (Å²) >= 11 is 2.75. The van der Waals surface area contributed by atoms with Gasteiger partial charge in [-0.1, -0.05) is 40.5 Å². The van der Waals surface area contributed by atoms with Gasteiger partial charge in [-0.05, 0) is 55.0 Å².